The zero-order chi connectivity index (χ0) is 14.6. The van der Waals surface area contributed by atoms with Crippen LogP contribution in [0.25, 0.3) is 0 Å². The Bertz CT molecular complexity index is 362. The smallest absolute Gasteiger partial charge is 0.240 e. The summed E-state index contributed by atoms with van der Waals surface area (Å²) in [5.41, 5.74) is 10.6. The van der Waals surface area contributed by atoms with Crippen LogP contribution in [0.4, 0.5) is 0 Å². The molecule has 0 aromatic carbocycles. The maximum atomic E-state index is 11.9. The van der Waals surface area contributed by atoms with Crippen molar-refractivity contribution < 1.29 is 14.4 Å². The Kier molecular flexibility index (Phi) is 5.29. The van der Waals surface area contributed by atoms with E-state index in [0.29, 0.717) is 25.9 Å². The fourth-order valence-electron chi connectivity index (χ4n) is 2.25. The molecule has 1 aliphatic heterocycles. The van der Waals surface area contributed by atoms with E-state index in [1.54, 1.807) is 23.9 Å². The average Bonchev–Trinajstić information content (AvgIpc) is 2.36. The summed E-state index contributed by atoms with van der Waals surface area (Å²) >= 11 is 0. The van der Waals surface area contributed by atoms with Crippen LogP contribution in [0, 0.1) is 5.92 Å². The second-order valence-corrected chi connectivity index (χ2v) is 5.11. The van der Waals surface area contributed by atoms with Gasteiger partial charge in [0, 0.05) is 33.1 Å². The number of primary amides is 1. The molecule has 4 N–H and O–H groups in total. The van der Waals surface area contributed by atoms with Gasteiger partial charge in [0.2, 0.25) is 17.7 Å². The van der Waals surface area contributed by atoms with E-state index in [0.717, 1.165) is 0 Å². The highest BCUT2D eigenvalue weighted by Gasteiger charge is 2.30. The molecule has 3 amide bonds. The topological polar surface area (TPSA) is 110 Å². The van der Waals surface area contributed by atoms with Gasteiger partial charge < -0.3 is 21.3 Å². The Labute approximate surface area is 112 Å². The zero-order valence-corrected chi connectivity index (χ0v) is 11.5. The van der Waals surface area contributed by atoms with Crippen molar-refractivity contribution in [3.05, 3.63) is 0 Å². The van der Waals surface area contributed by atoms with Gasteiger partial charge in [-0.3, -0.25) is 14.4 Å². The number of piperidine rings is 1. The van der Waals surface area contributed by atoms with Crippen molar-refractivity contribution in [3.8, 4) is 0 Å². The summed E-state index contributed by atoms with van der Waals surface area (Å²) in [5.74, 6) is -0.798. The van der Waals surface area contributed by atoms with Crippen molar-refractivity contribution in [1.82, 2.24) is 9.80 Å². The number of likely N-dealkylation sites (tertiary alicyclic amines) is 1. The first-order chi connectivity index (χ1) is 8.82. The van der Waals surface area contributed by atoms with E-state index < -0.39 is 11.9 Å². The molecule has 0 bridgehead atoms. The van der Waals surface area contributed by atoms with E-state index in [9.17, 15) is 14.4 Å². The third kappa shape index (κ3) is 4.20. The first-order valence-corrected chi connectivity index (χ1v) is 6.36. The molecule has 0 radical (unpaired) electrons. The van der Waals surface area contributed by atoms with Crippen LogP contribution in [0.3, 0.4) is 0 Å². The zero-order valence-electron chi connectivity index (χ0n) is 11.5. The lowest BCUT2D eigenvalue weighted by Crippen LogP contribution is -2.49. The molecule has 0 saturated carbocycles. The highest BCUT2D eigenvalue weighted by molar-refractivity contribution is 5.87. The third-order valence-electron chi connectivity index (χ3n) is 3.33. The van der Waals surface area contributed by atoms with Crippen LogP contribution >= 0.6 is 0 Å². The van der Waals surface area contributed by atoms with Gasteiger partial charge in [-0.05, 0) is 12.8 Å². The molecule has 1 aliphatic rings. The van der Waals surface area contributed by atoms with Crippen molar-refractivity contribution in [1.29, 1.82) is 0 Å². The molecule has 1 atom stereocenters. The number of rotatable bonds is 4. The summed E-state index contributed by atoms with van der Waals surface area (Å²) in [7, 11) is 3.45. The molecule has 0 aromatic heterocycles. The van der Waals surface area contributed by atoms with E-state index in [1.807, 2.05) is 0 Å². The first kappa shape index (κ1) is 15.4. The van der Waals surface area contributed by atoms with Crippen molar-refractivity contribution in [3.63, 3.8) is 0 Å². The monoisotopic (exact) mass is 270 g/mol. The van der Waals surface area contributed by atoms with Crippen molar-refractivity contribution in [2.45, 2.75) is 25.3 Å². The largest absolute Gasteiger partial charge is 0.370 e. The molecule has 1 unspecified atom stereocenters. The minimum absolute atomic E-state index is 0.0357. The molecule has 108 valence electrons. The van der Waals surface area contributed by atoms with Crippen LogP contribution in [-0.2, 0) is 14.4 Å². The second-order valence-electron chi connectivity index (χ2n) is 5.11. The van der Waals surface area contributed by atoms with Gasteiger partial charge in [0.15, 0.2) is 0 Å². The van der Waals surface area contributed by atoms with Gasteiger partial charge >= 0.3 is 0 Å². The molecule has 0 spiro atoms. The normalized spacial score (nSPS) is 17.9. The summed E-state index contributed by atoms with van der Waals surface area (Å²) < 4.78 is 0. The first-order valence-electron chi connectivity index (χ1n) is 6.36. The van der Waals surface area contributed by atoms with Gasteiger partial charge in [0.25, 0.3) is 0 Å². The number of hydrogen-bond acceptors (Lipinski definition) is 4. The van der Waals surface area contributed by atoms with Crippen molar-refractivity contribution >= 4 is 17.7 Å². The van der Waals surface area contributed by atoms with E-state index in [2.05, 4.69) is 0 Å². The average molecular weight is 270 g/mol. The molecule has 7 nitrogen and oxygen atoms in total. The fourth-order valence-corrected chi connectivity index (χ4v) is 2.25. The van der Waals surface area contributed by atoms with Gasteiger partial charge in [-0.15, -0.1) is 0 Å². The highest BCUT2D eigenvalue weighted by Crippen LogP contribution is 2.19. The van der Waals surface area contributed by atoms with Crippen LogP contribution in [-0.4, -0.2) is 60.7 Å². The van der Waals surface area contributed by atoms with Crippen LogP contribution in [0.15, 0.2) is 0 Å². The third-order valence-corrected chi connectivity index (χ3v) is 3.33. The number of carbonyl (C=O) groups is 3. The number of hydrogen-bond donors (Lipinski definition) is 2. The molecule has 1 heterocycles. The molecule has 1 saturated heterocycles. The number of amides is 3. The summed E-state index contributed by atoms with van der Waals surface area (Å²) in [6, 6.07) is -0.876. The van der Waals surface area contributed by atoms with Crippen LogP contribution in [0.5, 0.6) is 0 Å². The Morgan fingerprint density at radius 2 is 1.79 bits per heavy atom. The van der Waals surface area contributed by atoms with Gasteiger partial charge in [-0.2, -0.15) is 0 Å². The lowest BCUT2D eigenvalue weighted by molar-refractivity contribution is -0.140. The van der Waals surface area contributed by atoms with E-state index in [-0.39, 0.29) is 24.2 Å². The maximum absolute atomic E-state index is 11.9. The quantitative estimate of drug-likeness (QED) is 0.649. The van der Waals surface area contributed by atoms with E-state index >= 15 is 0 Å². The SMILES string of the molecule is CN(C)C(=O)C1CCN(C(=O)C(N)CC(N)=O)CC1. The van der Waals surface area contributed by atoms with Gasteiger partial charge in [-0.1, -0.05) is 0 Å². The van der Waals surface area contributed by atoms with E-state index in [4.69, 9.17) is 11.5 Å². The molecule has 0 aromatic rings. The second kappa shape index (κ2) is 6.51. The lowest BCUT2D eigenvalue weighted by atomic mass is 9.95. The molecule has 19 heavy (non-hydrogen) atoms. The predicted molar refractivity (Wildman–Crippen MR) is 69.8 cm³/mol. The Hall–Kier alpha value is -1.63. The minimum Gasteiger partial charge on any atom is -0.370 e. The minimum atomic E-state index is -0.876. The molecular formula is C12H22N4O3. The van der Waals surface area contributed by atoms with Crippen LogP contribution in [0.2, 0.25) is 0 Å². The molecule has 1 rings (SSSR count). The molecule has 0 aliphatic carbocycles. The lowest BCUT2D eigenvalue weighted by Gasteiger charge is -2.33. The summed E-state index contributed by atoms with van der Waals surface area (Å²) in [5, 5.41) is 0. The Morgan fingerprint density at radius 3 is 2.21 bits per heavy atom. The Morgan fingerprint density at radius 1 is 1.26 bits per heavy atom. The summed E-state index contributed by atoms with van der Waals surface area (Å²) in [4.78, 5) is 37.6. The van der Waals surface area contributed by atoms with Crippen molar-refractivity contribution in [2.75, 3.05) is 27.2 Å². The summed E-state index contributed by atoms with van der Waals surface area (Å²) in [6.07, 6.45) is 1.12. The predicted octanol–water partition coefficient (Wildman–Crippen LogP) is -1.48. The number of carbonyl (C=O) groups excluding carboxylic acids is 3. The number of nitrogens with two attached hydrogens (primary N) is 2. The molecule has 7 heteroatoms. The van der Waals surface area contributed by atoms with Gasteiger partial charge in [-0.25, -0.2) is 0 Å². The Balaban J connectivity index is 2.47. The van der Waals surface area contributed by atoms with Crippen LogP contribution in [0.1, 0.15) is 19.3 Å². The van der Waals surface area contributed by atoms with Crippen LogP contribution < -0.4 is 11.5 Å². The van der Waals surface area contributed by atoms with E-state index in [1.165, 1.54) is 0 Å². The summed E-state index contributed by atoms with van der Waals surface area (Å²) in [6.45, 7) is 0.991. The molecule has 1 fully saturated rings. The van der Waals surface area contributed by atoms with Gasteiger partial charge in [0.1, 0.15) is 0 Å². The standard InChI is InChI=1S/C12H22N4O3/c1-15(2)11(18)8-3-5-16(6-4-8)12(19)9(13)7-10(14)17/h8-9H,3-7,13H2,1-2H3,(H2,14,17). The highest BCUT2D eigenvalue weighted by atomic mass is 16.2. The fraction of sp³-hybridized carbons (Fsp3) is 0.750. The number of nitrogens with zero attached hydrogens (tertiary/aromatic N) is 2. The molecular weight excluding hydrogens is 248 g/mol. The van der Waals surface area contributed by atoms with Gasteiger partial charge in [0.05, 0.1) is 12.5 Å². The van der Waals surface area contributed by atoms with Crippen molar-refractivity contribution in [2.24, 2.45) is 17.4 Å². The maximum Gasteiger partial charge on any atom is 0.240 e.